The zero-order valence-electron chi connectivity index (χ0n) is 5.39. The summed E-state index contributed by atoms with van der Waals surface area (Å²) in [5.41, 5.74) is 0. The molecule has 58 valence electrons. The minimum absolute atomic E-state index is 0.481. The average Bonchev–Trinajstić information content (AvgIpc) is 2.40. The Hall–Kier alpha value is -1.43. The van der Waals surface area contributed by atoms with Gasteiger partial charge < -0.3 is 5.21 Å². The molecule has 1 aromatic heterocycles. The molecule has 5 nitrogen and oxygen atoms in total. The molecule has 0 saturated heterocycles. The van der Waals surface area contributed by atoms with Crippen LogP contribution in [0.4, 0.5) is 5.13 Å². The molecule has 0 radical (unpaired) electrons. The van der Waals surface area contributed by atoms with Crippen molar-refractivity contribution >= 4 is 28.6 Å². The Balaban J connectivity index is 2.50. The van der Waals surface area contributed by atoms with Crippen LogP contribution in [0.2, 0.25) is 0 Å². The minimum atomic E-state index is -0.498. The van der Waals surface area contributed by atoms with Crippen molar-refractivity contribution in [3.05, 3.63) is 11.6 Å². The van der Waals surface area contributed by atoms with Crippen LogP contribution in [-0.4, -0.2) is 22.3 Å². The Labute approximate surface area is 66.4 Å². The molecule has 0 atom stereocenters. The fourth-order valence-corrected chi connectivity index (χ4v) is 1.01. The van der Waals surface area contributed by atoms with Crippen LogP contribution in [0, 0.1) is 0 Å². The maximum Gasteiger partial charge on any atom is 0.271 e. The highest BCUT2D eigenvalue weighted by atomic mass is 32.1. The van der Waals surface area contributed by atoms with E-state index in [1.165, 1.54) is 11.3 Å². The molecule has 6 heteroatoms. The number of aromatic nitrogens is 1. The second kappa shape index (κ2) is 3.67. The monoisotopic (exact) mass is 171 g/mol. The van der Waals surface area contributed by atoms with Crippen molar-refractivity contribution in [3.8, 4) is 0 Å². The van der Waals surface area contributed by atoms with Crippen molar-refractivity contribution in [1.29, 1.82) is 0 Å². The maximum absolute atomic E-state index is 10.7. The third kappa shape index (κ3) is 2.34. The molecule has 11 heavy (non-hydrogen) atoms. The number of thiazole rings is 1. The highest BCUT2D eigenvalue weighted by molar-refractivity contribution is 7.13. The molecule has 0 aliphatic carbocycles. The first-order valence-corrected chi connectivity index (χ1v) is 3.59. The summed E-state index contributed by atoms with van der Waals surface area (Å²) >= 11 is 1.29. The van der Waals surface area contributed by atoms with E-state index >= 15 is 0 Å². The van der Waals surface area contributed by atoms with Gasteiger partial charge in [0.25, 0.3) is 5.91 Å². The molecular formula is C5H5N3O2S. The third-order valence-corrected chi connectivity index (χ3v) is 1.53. The fraction of sp³-hybridized carbons (Fsp3) is 0. The summed E-state index contributed by atoms with van der Waals surface area (Å²) in [5, 5.41) is 15.1. The van der Waals surface area contributed by atoms with Crippen LogP contribution >= 0.6 is 11.3 Å². The van der Waals surface area contributed by atoms with Gasteiger partial charge in [-0.1, -0.05) is 5.16 Å². The van der Waals surface area contributed by atoms with Crippen LogP contribution in [-0.2, 0) is 4.79 Å². The summed E-state index contributed by atoms with van der Waals surface area (Å²) < 4.78 is 0. The third-order valence-electron chi connectivity index (χ3n) is 0.837. The number of nitrogens with one attached hydrogen (secondary N) is 1. The van der Waals surface area contributed by atoms with Crippen LogP contribution in [0.1, 0.15) is 0 Å². The quantitative estimate of drug-likeness (QED) is 0.387. The summed E-state index contributed by atoms with van der Waals surface area (Å²) in [5.74, 6) is -0.498. The second-order valence-corrected chi connectivity index (χ2v) is 2.47. The van der Waals surface area contributed by atoms with E-state index in [4.69, 9.17) is 5.21 Å². The fourth-order valence-electron chi connectivity index (χ4n) is 0.475. The van der Waals surface area contributed by atoms with E-state index in [0.29, 0.717) is 5.13 Å². The van der Waals surface area contributed by atoms with Crippen molar-refractivity contribution in [2.45, 2.75) is 0 Å². The van der Waals surface area contributed by atoms with Gasteiger partial charge in [-0.15, -0.1) is 11.3 Å². The maximum atomic E-state index is 10.7. The number of anilines is 1. The van der Waals surface area contributed by atoms with Gasteiger partial charge in [-0.25, -0.2) is 4.98 Å². The number of hydrogen-bond acceptors (Lipinski definition) is 5. The Kier molecular flexibility index (Phi) is 2.56. The molecule has 2 N–H and O–H groups in total. The van der Waals surface area contributed by atoms with Crippen molar-refractivity contribution in [3.63, 3.8) is 0 Å². The summed E-state index contributed by atoms with van der Waals surface area (Å²) in [6.45, 7) is 0. The normalized spacial score (nSPS) is 10.2. The van der Waals surface area contributed by atoms with Crippen molar-refractivity contribution < 1.29 is 10.0 Å². The van der Waals surface area contributed by atoms with E-state index in [-0.39, 0.29) is 0 Å². The second-order valence-electron chi connectivity index (χ2n) is 1.57. The zero-order chi connectivity index (χ0) is 8.10. The van der Waals surface area contributed by atoms with Gasteiger partial charge in [0, 0.05) is 11.6 Å². The van der Waals surface area contributed by atoms with Crippen LogP contribution in [0.25, 0.3) is 0 Å². The molecule has 0 aliphatic heterocycles. The Morgan fingerprint density at radius 1 is 1.91 bits per heavy atom. The number of hydrogen-bond donors (Lipinski definition) is 2. The highest BCUT2D eigenvalue weighted by Gasteiger charge is 1.98. The molecule has 0 fully saturated rings. The van der Waals surface area contributed by atoms with Gasteiger partial charge in [0.2, 0.25) is 0 Å². The first-order valence-electron chi connectivity index (χ1n) is 2.71. The van der Waals surface area contributed by atoms with E-state index < -0.39 is 5.91 Å². The molecule has 0 aliphatic rings. The van der Waals surface area contributed by atoms with E-state index in [2.05, 4.69) is 15.5 Å². The average molecular weight is 171 g/mol. The molecule has 0 bridgehead atoms. The molecule has 0 unspecified atom stereocenters. The lowest BCUT2D eigenvalue weighted by atomic mass is 10.7. The van der Waals surface area contributed by atoms with Gasteiger partial charge in [0.1, 0.15) is 6.21 Å². The molecule has 1 heterocycles. The Morgan fingerprint density at radius 2 is 2.73 bits per heavy atom. The topological polar surface area (TPSA) is 74.6 Å². The first kappa shape index (κ1) is 7.67. The van der Waals surface area contributed by atoms with Crippen LogP contribution in [0.15, 0.2) is 16.7 Å². The van der Waals surface area contributed by atoms with Crippen LogP contribution < -0.4 is 5.32 Å². The molecule has 1 amide bonds. The number of nitrogens with zero attached hydrogens (tertiary/aromatic N) is 2. The summed E-state index contributed by atoms with van der Waals surface area (Å²) in [7, 11) is 0. The lowest BCUT2D eigenvalue weighted by molar-refractivity contribution is -0.110. The standard InChI is InChI=1S/C5H5N3O2S/c9-4(3-7-10)8-5-6-1-2-11-5/h1-3,10H,(H,6,8,9). The Bertz CT molecular complexity index is 257. The van der Waals surface area contributed by atoms with E-state index in [0.717, 1.165) is 6.21 Å². The predicted octanol–water partition coefficient (Wildman–Crippen LogP) is 0.542. The summed E-state index contributed by atoms with van der Waals surface area (Å²) in [6, 6.07) is 0. The molecule has 0 aromatic carbocycles. The van der Waals surface area contributed by atoms with Gasteiger partial charge in [0.05, 0.1) is 0 Å². The number of carbonyl (C=O) groups is 1. The van der Waals surface area contributed by atoms with Crippen molar-refractivity contribution in [1.82, 2.24) is 4.98 Å². The van der Waals surface area contributed by atoms with Gasteiger partial charge in [0.15, 0.2) is 5.13 Å². The van der Waals surface area contributed by atoms with Crippen LogP contribution in [0.3, 0.4) is 0 Å². The lowest BCUT2D eigenvalue weighted by Gasteiger charge is -1.91. The van der Waals surface area contributed by atoms with Gasteiger partial charge >= 0.3 is 0 Å². The number of amides is 1. The van der Waals surface area contributed by atoms with Crippen molar-refractivity contribution in [2.24, 2.45) is 5.16 Å². The first-order chi connectivity index (χ1) is 5.33. The minimum Gasteiger partial charge on any atom is -0.411 e. The SMILES string of the molecule is O=C(C=NO)Nc1nccs1. The van der Waals surface area contributed by atoms with E-state index in [1.54, 1.807) is 11.6 Å². The smallest absolute Gasteiger partial charge is 0.271 e. The number of rotatable bonds is 2. The highest BCUT2D eigenvalue weighted by Crippen LogP contribution is 2.08. The molecule has 1 rings (SSSR count). The molecule has 0 saturated carbocycles. The molecule has 1 aromatic rings. The summed E-state index contributed by atoms with van der Waals surface area (Å²) in [4.78, 5) is 14.4. The van der Waals surface area contributed by atoms with Gasteiger partial charge in [-0.3, -0.25) is 10.1 Å². The molecule has 0 spiro atoms. The van der Waals surface area contributed by atoms with E-state index in [9.17, 15) is 4.79 Å². The zero-order valence-corrected chi connectivity index (χ0v) is 6.21. The van der Waals surface area contributed by atoms with E-state index in [1.807, 2.05) is 0 Å². The molecular weight excluding hydrogens is 166 g/mol. The Morgan fingerprint density at radius 3 is 3.27 bits per heavy atom. The van der Waals surface area contributed by atoms with Gasteiger partial charge in [-0.05, 0) is 0 Å². The van der Waals surface area contributed by atoms with Crippen LogP contribution in [0.5, 0.6) is 0 Å². The van der Waals surface area contributed by atoms with Gasteiger partial charge in [-0.2, -0.15) is 0 Å². The number of oxime groups is 1. The predicted molar refractivity (Wildman–Crippen MR) is 41.0 cm³/mol. The largest absolute Gasteiger partial charge is 0.411 e. The number of carbonyl (C=O) groups excluding carboxylic acids is 1. The lowest BCUT2D eigenvalue weighted by Crippen LogP contribution is -2.11. The van der Waals surface area contributed by atoms with Crippen molar-refractivity contribution in [2.75, 3.05) is 5.32 Å². The summed E-state index contributed by atoms with van der Waals surface area (Å²) in [6.07, 6.45) is 2.33.